The molecule has 0 saturated carbocycles. The molecule has 0 bridgehead atoms. The molecular weight excluding hydrogens is 324 g/mol. The maximum Gasteiger partial charge on any atom is 0.301 e. The predicted molar refractivity (Wildman–Crippen MR) is 84.5 cm³/mol. The molecule has 0 radical (unpaired) electrons. The van der Waals surface area contributed by atoms with Crippen molar-refractivity contribution in [3.05, 3.63) is 29.5 Å². The number of sulfonamides is 1. The lowest BCUT2D eigenvalue weighted by Crippen LogP contribution is -2.31. The second-order valence-corrected chi connectivity index (χ2v) is 6.78. The fraction of sp³-hybridized carbons (Fsp3) is 0.231. The SMILES string of the molecule is CNC(=O)c1c(C(=O)NN)oc2cc(N(C)S(C)(=O)=O)ccc12. The molecule has 2 amide bonds. The van der Waals surface area contributed by atoms with Gasteiger partial charge in [0, 0.05) is 25.5 Å². The highest BCUT2D eigenvalue weighted by atomic mass is 32.2. The zero-order valence-corrected chi connectivity index (χ0v) is 13.5. The monoisotopic (exact) mass is 340 g/mol. The van der Waals surface area contributed by atoms with Crippen LogP contribution >= 0.6 is 0 Å². The second kappa shape index (κ2) is 5.89. The van der Waals surface area contributed by atoms with E-state index in [9.17, 15) is 18.0 Å². The Bertz CT molecular complexity index is 887. The van der Waals surface area contributed by atoms with Crippen molar-refractivity contribution >= 4 is 38.5 Å². The Morgan fingerprint density at radius 1 is 1.26 bits per heavy atom. The number of nitrogens with one attached hydrogen (secondary N) is 2. The van der Waals surface area contributed by atoms with Gasteiger partial charge in [0.15, 0.2) is 0 Å². The summed E-state index contributed by atoms with van der Waals surface area (Å²) in [7, 11) is -0.661. The van der Waals surface area contributed by atoms with Crippen LogP contribution in [0.4, 0.5) is 5.69 Å². The zero-order chi connectivity index (χ0) is 17.4. The van der Waals surface area contributed by atoms with Crippen molar-refractivity contribution in [2.45, 2.75) is 0 Å². The number of amides is 2. The Balaban J connectivity index is 2.70. The minimum absolute atomic E-state index is 0.0269. The molecule has 124 valence electrons. The van der Waals surface area contributed by atoms with Crippen LogP contribution in [-0.4, -0.2) is 40.6 Å². The van der Waals surface area contributed by atoms with E-state index >= 15 is 0 Å². The molecule has 0 aliphatic carbocycles. The molecule has 0 spiro atoms. The summed E-state index contributed by atoms with van der Waals surface area (Å²) in [5.74, 6) is 3.56. The van der Waals surface area contributed by atoms with Gasteiger partial charge in [0.05, 0.1) is 17.5 Å². The summed E-state index contributed by atoms with van der Waals surface area (Å²) in [4.78, 5) is 23.8. The third-order valence-corrected chi connectivity index (χ3v) is 4.53. The van der Waals surface area contributed by atoms with Crippen LogP contribution < -0.4 is 20.9 Å². The van der Waals surface area contributed by atoms with Crippen molar-refractivity contribution in [3.8, 4) is 0 Å². The number of nitrogens with zero attached hydrogens (tertiary/aromatic N) is 1. The van der Waals surface area contributed by atoms with Crippen molar-refractivity contribution in [1.82, 2.24) is 10.7 Å². The Hall–Kier alpha value is -2.59. The number of carbonyl (C=O) groups is 2. The van der Waals surface area contributed by atoms with Gasteiger partial charge in [-0.25, -0.2) is 14.3 Å². The molecule has 4 N–H and O–H groups in total. The molecule has 0 saturated heterocycles. The molecule has 0 fully saturated rings. The lowest BCUT2D eigenvalue weighted by molar-refractivity contribution is 0.0904. The molecule has 1 aromatic heterocycles. The van der Waals surface area contributed by atoms with E-state index in [1.165, 1.54) is 32.3 Å². The van der Waals surface area contributed by atoms with Gasteiger partial charge in [0.1, 0.15) is 5.58 Å². The van der Waals surface area contributed by atoms with Gasteiger partial charge in [-0.05, 0) is 12.1 Å². The molecule has 23 heavy (non-hydrogen) atoms. The number of furan rings is 1. The normalized spacial score (nSPS) is 11.3. The van der Waals surface area contributed by atoms with Crippen molar-refractivity contribution in [3.63, 3.8) is 0 Å². The fourth-order valence-corrected chi connectivity index (χ4v) is 2.55. The van der Waals surface area contributed by atoms with Crippen molar-refractivity contribution in [1.29, 1.82) is 0 Å². The Kier molecular flexibility index (Phi) is 4.30. The number of fused-ring (bicyclic) bond motifs is 1. The quantitative estimate of drug-likeness (QED) is 0.400. The molecule has 10 heteroatoms. The van der Waals surface area contributed by atoms with Gasteiger partial charge in [0.2, 0.25) is 15.8 Å². The number of nitrogen functional groups attached to an aromatic ring is 1. The van der Waals surface area contributed by atoms with Gasteiger partial charge in [-0.2, -0.15) is 0 Å². The van der Waals surface area contributed by atoms with E-state index in [1.54, 1.807) is 0 Å². The summed E-state index contributed by atoms with van der Waals surface area (Å²) in [6, 6.07) is 4.44. The van der Waals surface area contributed by atoms with Gasteiger partial charge in [-0.1, -0.05) is 0 Å². The molecule has 1 heterocycles. The molecular formula is C13H16N4O5S. The van der Waals surface area contributed by atoms with Gasteiger partial charge >= 0.3 is 5.91 Å². The van der Waals surface area contributed by atoms with Gasteiger partial charge in [-0.3, -0.25) is 19.3 Å². The van der Waals surface area contributed by atoms with Crippen LogP contribution in [0.3, 0.4) is 0 Å². The van der Waals surface area contributed by atoms with E-state index in [2.05, 4.69) is 5.32 Å². The van der Waals surface area contributed by atoms with Crippen LogP contribution in [-0.2, 0) is 10.0 Å². The van der Waals surface area contributed by atoms with Crippen LogP contribution in [0.15, 0.2) is 22.6 Å². The Labute approximate surface area is 132 Å². The first-order valence-corrected chi connectivity index (χ1v) is 8.29. The molecule has 0 aliphatic rings. The maximum absolute atomic E-state index is 12.0. The van der Waals surface area contributed by atoms with Gasteiger partial charge in [-0.15, -0.1) is 0 Å². The van der Waals surface area contributed by atoms with E-state index in [-0.39, 0.29) is 16.9 Å². The highest BCUT2D eigenvalue weighted by Gasteiger charge is 2.25. The van der Waals surface area contributed by atoms with Crippen LogP contribution in [0.1, 0.15) is 20.9 Å². The third kappa shape index (κ3) is 2.98. The minimum Gasteiger partial charge on any atom is -0.450 e. The highest BCUT2D eigenvalue weighted by molar-refractivity contribution is 7.92. The molecule has 0 aliphatic heterocycles. The molecule has 1 aromatic carbocycles. The van der Waals surface area contributed by atoms with E-state index in [1.807, 2.05) is 5.43 Å². The van der Waals surface area contributed by atoms with Crippen molar-refractivity contribution in [2.75, 3.05) is 24.7 Å². The number of benzene rings is 1. The first-order chi connectivity index (χ1) is 10.7. The average Bonchev–Trinajstić information content (AvgIpc) is 2.90. The number of carbonyl (C=O) groups excluding carboxylic acids is 2. The first-order valence-electron chi connectivity index (χ1n) is 6.44. The van der Waals surface area contributed by atoms with Crippen LogP contribution in [0.5, 0.6) is 0 Å². The summed E-state index contributed by atoms with van der Waals surface area (Å²) in [6.45, 7) is 0. The summed E-state index contributed by atoms with van der Waals surface area (Å²) in [6.07, 6.45) is 1.06. The molecule has 0 atom stereocenters. The number of anilines is 1. The summed E-state index contributed by atoms with van der Waals surface area (Å²) < 4.78 is 29.7. The smallest absolute Gasteiger partial charge is 0.301 e. The number of rotatable bonds is 4. The zero-order valence-electron chi connectivity index (χ0n) is 12.7. The summed E-state index contributed by atoms with van der Waals surface area (Å²) in [5, 5.41) is 2.78. The predicted octanol–water partition coefficient (Wildman–Crippen LogP) is -0.208. The van der Waals surface area contributed by atoms with Crippen LogP contribution in [0.25, 0.3) is 11.0 Å². The largest absolute Gasteiger partial charge is 0.450 e. The molecule has 0 unspecified atom stereocenters. The van der Waals surface area contributed by atoms with E-state index in [0.29, 0.717) is 11.1 Å². The molecule has 2 aromatic rings. The summed E-state index contributed by atoms with van der Waals surface area (Å²) >= 11 is 0. The average molecular weight is 340 g/mol. The van der Waals surface area contributed by atoms with Crippen LogP contribution in [0, 0.1) is 0 Å². The number of hydrazine groups is 1. The number of nitrogens with two attached hydrogens (primary N) is 1. The second-order valence-electron chi connectivity index (χ2n) is 4.77. The maximum atomic E-state index is 12.0. The fourth-order valence-electron chi connectivity index (χ4n) is 2.05. The number of hydrogen-bond acceptors (Lipinski definition) is 6. The Morgan fingerprint density at radius 2 is 1.91 bits per heavy atom. The number of hydrogen-bond donors (Lipinski definition) is 3. The Morgan fingerprint density at radius 3 is 2.43 bits per heavy atom. The molecule has 9 nitrogen and oxygen atoms in total. The summed E-state index contributed by atoms with van der Waals surface area (Å²) in [5.41, 5.74) is 2.45. The van der Waals surface area contributed by atoms with Gasteiger partial charge < -0.3 is 9.73 Å². The van der Waals surface area contributed by atoms with E-state index in [4.69, 9.17) is 10.3 Å². The van der Waals surface area contributed by atoms with Crippen molar-refractivity contribution < 1.29 is 22.4 Å². The highest BCUT2D eigenvalue weighted by Crippen LogP contribution is 2.30. The first kappa shape index (κ1) is 16.8. The topological polar surface area (TPSA) is 135 Å². The molecule has 2 rings (SSSR count). The van der Waals surface area contributed by atoms with E-state index < -0.39 is 21.8 Å². The minimum atomic E-state index is -3.46. The standard InChI is InChI=1S/C13H16N4O5S/c1-15-12(18)10-8-5-4-7(17(2)23(3,20)21)6-9(8)22-11(10)13(19)16-14/h4-6H,14H2,1-3H3,(H,15,18)(H,16,19). The van der Waals surface area contributed by atoms with Crippen LogP contribution in [0.2, 0.25) is 0 Å². The van der Waals surface area contributed by atoms with Gasteiger partial charge in [0.25, 0.3) is 5.91 Å². The van der Waals surface area contributed by atoms with E-state index in [0.717, 1.165) is 10.6 Å². The lowest BCUT2D eigenvalue weighted by Gasteiger charge is -2.16. The third-order valence-electron chi connectivity index (χ3n) is 3.33. The lowest BCUT2D eigenvalue weighted by atomic mass is 10.1. The van der Waals surface area contributed by atoms with Crippen molar-refractivity contribution in [2.24, 2.45) is 5.84 Å².